The zero-order chi connectivity index (χ0) is 16.0. The zero-order valence-electron chi connectivity index (χ0n) is 11.5. The molecule has 1 heterocycles. The van der Waals surface area contributed by atoms with Crippen LogP contribution >= 0.6 is 0 Å². The van der Waals surface area contributed by atoms with Crippen molar-refractivity contribution in [2.45, 2.75) is 19.9 Å². The SMILES string of the molecule is CC(C)NC(=O)c1n[nH]c2ccccc12.O=C(O)C(=O)O. The second kappa shape index (κ2) is 7.04. The molecule has 2 aromatic rings. The summed E-state index contributed by atoms with van der Waals surface area (Å²) >= 11 is 0. The predicted octanol–water partition coefficient (Wildman–Crippen LogP) is 0.857. The third kappa shape index (κ3) is 4.60. The first-order chi connectivity index (χ1) is 9.82. The molecular formula is C13H15N3O5. The van der Waals surface area contributed by atoms with Crippen LogP contribution in [0, 0.1) is 0 Å². The Labute approximate surface area is 119 Å². The number of benzene rings is 1. The number of nitrogens with one attached hydrogen (secondary N) is 2. The number of carbonyl (C=O) groups excluding carboxylic acids is 1. The molecule has 112 valence electrons. The van der Waals surface area contributed by atoms with Gasteiger partial charge in [0, 0.05) is 11.4 Å². The summed E-state index contributed by atoms with van der Waals surface area (Å²) in [4.78, 5) is 29.9. The molecule has 4 N–H and O–H groups in total. The molecule has 1 amide bonds. The van der Waals surface area contributed by atoms with Crippen LogP contribution in [0.3, 0.4) is 0 Å². The smallest absolute Gasteiger partial charge is 0.414 e. The lowest BCUT2D eigenvalue weighted by Gasteiger charge is -2.05. The van der Waals surface area contributed by atoms with Crippen LogP contribution in [0.1, 0.15) is 24.3 Å². The number of H-pyrrole nitrogens is 1. The fourth-order valence-corrected chi connectivity index (χ4v) is 1.47. The lowest BCUT2D eigenvalue weighted by molar-refractivity contribution is -0.159. The second-order valence-electron chi connectivity index (χ2n) is 4.36. The number of hydrogen-bond donors (Lipinski definition) is 4. The Morgan fingerprint density at radius 1 is 1.14 bits per heavy atom. The molecule has 0 aliphatic rings. The number of nitrogens with zero attached hydrogens (tertiary/aromatic N) is 1. The second-order valence-corrected chi connectivity index (χ2v) is 4.36. The zero-order valence-corrected chi connectivity index (χ0v) is 11.5. The summed E-state index contributed by atoms with van der Waals surface area (Å²) in [6.07, 6.45) is 0. The van der Waals surface area contributed by atoms with E-state index in [1.54, 1.807) is 0 Å². The van der Waals surface area contributed by atoms with Gasteiger partial charge in [0.1, 0.15) is 0 Å². The molecular weight excluding hydrogens is 278 g/mol. The van der Waals surface area contributed by atoms with Crippen molar-refractivity contribution in [2.75, 3.05) is 0 Å². The molecule has 8 nitrogen and oxygen atoms in total. The van der Waals surface area contributed by atoms with E-state index in [4.69, 9.17) is 19.8 Å². The van der Waals surface area contributed by atoms with Crippen molar-refractivity contribution in [1.29, 1.82) is 0 Å². The van der Waals surface area contributed by atoms with E-state index in [2.05, 4.69) is 15.5 Å². The monoisotopic (exact) mass is 293 g/mol. The first kappa shape index (κ1) is 16.2. The molecule has 2 rings (SSSR count). The number of aromatic amines is 1. The van der Waals surface area contributed by atoms with Crippen molar-refractivity contribution in [1.82, 2.24) is 15.5 Å². The van der Waals surface area contributed by atoms with Crippen LogP contribution < -0.4 is 5.32 Å². The van der Waals surface area contributed by atoms with E-state index in [1.165, 1.54) is 0 Å². The number of para-hydroxylation sites is 1. The molecule has 0 unspecified atom stereocenters. The highest BCUT2D eigenvalue weighted by Crippen LogP contribution is 2.14. The highest BCUT2D eigenvalue weighted by Gasteiger charge is 2.13. The lowest BCUT2D eigenvalue weighted by Crippen LogP contribution is -2.30. The van der Waals surface area contributed by atoms with Crippen molar-refractivity contribution in [2.24, 2.45) is 0 Å². The minimum absolute atomic E-state index is 0.118. The van der Waals surface area contributed by atoms with Gasteiger partial charge >= 0.3 is 11.9 Å². The number of aliphatic carboxylic acids is 2. The number of fused-ring (bicyclic) bond motifs is 1. The van der Waals surface area contributed by atoms with E-state index in [1.807, 2.05) is 38.1 Å². The fourth-order valence-electron chi connectivity index (χ4n) is 1.47. The number of hydrogen-bond acceptors (Lipinski definition) is 4. The summed E-state index contributed by atoms with van der Waals surface area (Å²) in [5.41, 5.74) is 1.34. The van der Waals surface area contributed by atoms with Gasteiger partial charge in [0.2, 0.25) is 0 Å². The van der Waals surface area contributed by atoms with Crippen LogP contribution in [0.2, 0.25) is 0 Å². The molecule has 0 aliphatic heterocycles. The third-order valence-electron chi connectivity index (χ3n) is 2.29. The molecule has 1 aromatic carbocycles. The highest BCUT2D eigenvalue weighted by molar-refractivity contribution is 6.27. The Morgan fingerprint density at radius 3 is 2.24 bits per heavy atom. The predicted molar refractivity (Wildman–Crippen MR) is 74.0 cm³/mol. The Kier molecular flexibility index (Phi) is 5.41. The van der Waals surface area contributed by atoms with Crippen LogP contribution in [0.15, 0.2) is 24.3 Å². The maximum absolute atomic E-state index is 11.7. The molecule has 0 spiro atoms. The fraction of sp³-hybridized carbons (Fsp3) is 0.231. The number of amides is 1. The van der Waals surface area contributed by atoms with Gasteiger partial charge in [-0.3, -0.25) is 9.89 Å². The van der Waals surface area contributed by atoms with Crippen molar-refractivity contribution in [3.8, 4) is 0 Å². The highest BCUT2D eigenvalue weighted by atomic mass is 16.4. The van der Waals surface area contributed by atoms with Crippen LogP contribution in [-0.4, -0.2) is 44.3 Å². The van der Waals surface area contributed by atoms with Crippen molar-refractivity contribution >= 4 is 28.7 Å². The molecule has 1 aromatic heterocycles. The molecule has 0 radical (unpaired) electrons. The minimum atomic E-state index is -1.82. The van der Waals surface area contributed by atoms with E-state index in [0.29, 0.717) is 5.69 Å². The largest absolute Gasteiger partial charge is 0.473 e. The van der Waals surface area contributed by atoms with Crippen LogP contribution in [0.25, 0.3) is 10.9 Å². The molecule has 0 fully saturated rings. The number of carbonyl (C=O) groups is 3. The van der Waals surface area contributed by atoms with Crippen molar-refractivity contribution in [3.63, 3.8) is 0 Å². The lowest BCUT2D eigenvalue weighted by atomic mass is 10.2. The summed E-state index contributed by atoms with van der Waals surface area (Å²) < 4.78 is 0. The van der Waals surface area contributed by atoms with Gasteiger partial charge < -0.3 is 15.5 Å². The maximum Gasteiger partial charge on any atom is 0.414 e. The molecule has 21 heavy (non-hydrogen) atoms. The van der Waals surface area contributed by atoms with Crippen LogP contribution in [-0.2, 0) is 9.59 Å². The molecule has 8 heteroatoms. The molecule has 0 saturated heterocycles. The first-order valence-electron chi connectivity index (χ1n) is 6.03. The van der Waals surface area contributed by atoms with Crippen LogP contribution in [0.5, 0.6) is 0 Å². The maximum atomic E-state index is 11.7. The summed E-state index contributed by atoms with van der Waals surface area (Å²) in [7, 11) is 0. The molecule has 0 bridgehead atoms. The van der Waals surface area contributed by atoms with E-state index >= 15 is 0 Å². The molecule has 0 aliphatic carbocycles. The quantitative estimate of drug-likeness (QED) is 0.607. The van der Waals surface area contributed by atoms with Gasteiger partial charge in [0.25, 0.3) is 5.91 Å². The van der Waals surface area contributed by atoms with Crippen LogP contribution in [0.4, 0.5) is 0 Å². The van der Waals surface area contributed by atoms with Gasteiger partial charge in [-0.2, -0.15) is 5.10 Å². The average Bonchev–Trinajstić information content (AvgIpc) is 2.82. The summed E-state index contributed by atoms with van der Waals surface area (Å²) in [6, 6.07) is 7.70. The third-order valence-corrected chi connectivity index (χ3v) is 2.29. The molecule has 0 saturated carbocycles. The molecule has 0 atom stereocenters. The number of carboxylic acids is 2. The Balaban J connectivity index is 0.000000315. The van der Waals surface area contributed by atoms with Gasteiger partial charge in [-0.1, -0.05) is 18.2 Å². The van der Waals surface area contributed by atoms with E-state index in [9.17, 15) is 4.79 Å². The van der Waals surface area contributed by atoms with Gasteiger partial charge in [-0.15, -0.1) is 0 Å². The van der Waals surface area contributed by atoms with E-state index in [0.717, 1.165) is 10.9 Å². The summed E-state index contributed by atoms with van der Waals surface area (Å²) in [5.74, 6) is -3.78. The summed E-state index contributed by atoms with van der Waals surface area (Å²) in [6.45, 7) is 3.85. The summed E-state index contributed by atoms with van der Waals surface area (Å²) in [5, 5.41) is 25.3. The minimum Gasteiger partial charge on any atom is -0.473 e. The number of carboxylic acid groups (broad SMARTS) is 2. The number of rotatable bonds is 2. The van der Waals surface area contributed by atoms with Gasteiger partial charge in [-0.25, -0.2) is 9.59 Å². The van der Waals surface area contributed by atoms with Gasteiger partial charge in [0.15, 0.2) is 5.69 Å². The Bertz CT molecular complexity index is 651. The van der Waals surface area contributed by atoms with Crippen molar-refractivity contribution in [3.05, 3.63) is 30.0 Å². The van der Waals surface area contributed by atoms with Crippen molar-refractivity contribution < 1.29 is 24.6 Å². The Hall–Kier alpha value is -2.90. The van der Waals surface area contributed by atoms with E-state index < -0.39 is 11.9 Å². The van der Waals surface area contributed by atoms with Gasteiger partial charge in [-0.05, 0) is 19.9 Å². The Morgan fingerprint density at radius 2 is 1.71 bits per heavy atom. The number of aromatic nitrogens is 2. The van der Waals surface area contributed by atoms with E-state index in [-0.39, 0.29) is 11.9 Å². The average molecular weight is 293 g/mol. The topological polar surface area (TPSA) is 132 Å². The normalized spacial score (nSPS) is 9.86. The standard InChI is InChI=1S/C11H13N3O.C2H2O4/c1-7(2)12-11(15)10-8-5-3-4-6-9(8)13-14-10;3-1(4)2(5)6/h3-7H,1-2H3,(H,12,15)(H,13,14);(H,3,4)(H,5,6). The van der Waals surface area contributed by atoms with Gasteiger partial charge in [0.05, 0.1) is 5.52 Å². The first-order valence-corrected chi connectivity index (χ1v) is 6.03.